The van der Waals surface area contributed by atoms with E-state index in [0.29, 0.717) is 11.3 Å². The van der Waals surface area contributed by atoms with Crippen LogP contribution in [-0.2, 0) is 27.3 Å². The zero-order valence-corrected chi connectivity index (χ0v) is 16.7. The standard InChI is InChI=1S/C21H26N2O5/c1-14(2)17-12-22-18(27-17)11-16(19(24)28-21(3,4)5)23-20(25)26-13-15-9-7-6-8-10-15/h6-10,12,16H,1,11,13H2,2-5H3,(H,23,25). The topological polar surface area (TPSA) is 90.7 Å². The Hall–Kier alpha value is -3.09. The molecular formula is C21H26N2O5. The lowest BCUT2D eigenvalue weighted by Gasteiger charge is -2.23. The van der Waals surface area contributed by atoms with Crippen LogP contribution in [0.4, 0.5) is 4.79 Å². The predicted octanol–water partition coefficient (Wildman–Crippen LogP) is 3.89. The minimum Gasteiger partial charge on any atom is -0.458 e. The highest BCUT2D eigenvalue weighted by Crippen LogP contribution is 2.16. The second kappa shape index (κ2) is 9.21. The summed E-state index contributed by atoms with van der Waals surface area (Å²) < 4.78 is 16.1. The lowest BCUT2D eigenvalue weighted by Crippen LogP contribution is -2.45. The third-order valence-corrected chi connectivity index (χ3v) is 3.55. The van der Waals surface area contributed by atoms with Gasteiger partial charge in [0.1, 0.15) is 24.0 Å². The van der Waals surface area contributed by atoms with Gasteiger partial charge in [0.05, 0.1) is 12.6 Å². The maximum atomic E-state index is 12.5. The van der Waals surface area contributed by atoms with Crippen molar-refractivity contribution in [1.29, 1.82) is 0 Å². The number of benzene rings is 1. The second-order valence-corrected chi connectivity index (χ2v) is 7.39. The van der Waals surface area contributed by atoms with Crippen molar-refractivity contribution in [1.82, 2.24) is 10.3 Å². The smallest absolute Gasteiger partial charge is 0.408 e. The zero-order chi connectivity index (χ0) is 20.7. The fourth-order valence-electron chi connectivity index (χ4n) is 2.25. The number of carbonyl (C=O) groups is 2. The van der Waals surface area contributed by atoms with E-state index in [1.54, 1.807) is 27.7 Å². The molecule has 150 valence electrons. The van der Waals surface area contributed by atoms with E-state index in [1.165, 1.54) is 6.20 Å². The molecule has 0 bridgehead atoms. The first kappa shape index (κ1) is 21.2. The molecular weight excluding hydrogens is 360 g/mol. The lowest BCUT2D eigenvalue weighted by atomic mass is 10.1. The van der Waals surface area contributed by atoms with Crippen LogP contribution in [0.1, 0.15) is 44.9 Å². The van der Waals surface area contributed by atoms with Crippen molar-refractivity contribution in [3.8, 4) is 0 Å². The Kier molecular flexibility index (Phi) is 6.98. The van der Waals surface area contributed by atoms with Gasteiger partial charge in [-0.1, -0.05) is 36.9 Å². The SMILES string of the molecule is C=C(C)c1cnc(CC(NC(=O)OCc2ccccc2)C(=O)OC(C)(C)C)o1. The normalized spacial score (nSPS) is 12.1. The molecule has 1 N–H and O–H groups in total. The van der Waals surface area contributed by atoms with Crippen LogP contribution >= 0.6 is 0 Å². The van der Waals surface area contributed by atoms with Crippen LogP contribution in [0.2, 0.25) is 0 Å². The van der Waals surface area contributed by atoms with E-state index in [9.17, 15) is 9.59 Å². The molecule has 7 heteroatoms. The van der Waals surface area contributed by atoms with Crippen LogP contribution < -0.4 is 5.32 Å². The lowest BCUT2D eigenvalue weighted by molar-refractivity contribution is -0.157. The minimum atomic E-state index is -1.00. The summed E-state index contributed by atoms with van der Waals surface area (Å²) in [4.78, 5) is 28.9. The summed E-state index contributed by atoms with van der Waals surface area (Å²) in [6.07, 6.45) is 0.826. The van der Waals surface area contributed by atoms with Crippen molar-refractivity contribution >= 4 is 17.6 Å². The van der Waals surface area contributed by atoms with Gasteiger partial charge in [-0.15, -0.1) is 0 Å². The Balaban J connectivity index is 2.04. The van der Waals surface area contributed by atoms with Crippen LogP contribution in [0.5, 0.6) is 0 Å². The van der Waals surface area contributed by atoms with Gasteiger partial charge in [-0.2, -0.15) is 0 Å². The number of hydrogen-bond acceptors (Lipinski definition) is 6. The Bertz CT molecular complexity index is 821. The summed E-state index contributed by atoms with van der Waals surface area (Å²) >= 11 is 0. The first-order chi connectivity index (χ1) is 13.1. The van der Waals surface area contributed by atoms with E-state index < -0.39 is 23.7 Å². The van der Waals surface area contributed by atoms with Crippen LogP contribution in [0.25, 0.3) is 5.57 Å². The Morgan fingerprint density at radius 1 is 1.25 bits per heavy atom. The van der Waals surface area contributed by atoms with Crippen LogP contribution in [0.15, 0.2) is 47.5 Å². The third kappa shape index (κ3) is 6.90. The summed E-state index contributed by atoms with van der Waals surface area (Å²) in [6, 6.07) is 8.25. The highest BCUT2D eigenvalue weighted by atomic mass is 16.6. The number of ether oxygens (including phenoxy) is 2. The van der Waals surface area contributed by atoms with Gasteiger partial charge < -0.3 is 19.2 Å². The number of alkyl carbamates (subject to hydrolysis) is 1. The van der Waals surface area contributed by atoms with Crippen molar-refractivity contribution in [2.45, 2.75) is 52.4 Å². The van der Waals surface area contributed by atoms with Gasteiger partial charge in [-0.25, -0.2) is 14.6 Å². The molecule has 2 rings (SSSR count). The molecule has 0 aliphatic heterocycles. The number of allylic oxidation sites excluding steroid dienone is 1. The highest BCUT2D eigenvalue weighted by molar-refractivity contribution is 5.81. The van der Waals surface area contributed by atoms with E-state index >= 15 is 0 Å². The van der Waals surface area contributed by atoms with Crippen molar-refractivity contribution in [2.75, 3.05) is 0 Å². The van der Waals surface area contributed by atoms with Crippen molar-refractivity contribution in [2.24, 2.45) is 0 Å². The van der Waals surface area contributed by atoms with E-state index in [-0.39, 0.29) is 18.9 Å². The molecule has 1 aromatic heterocycles. The highest BCUT2D eigenvalue weighted by Gasteiger charge is 2.29. The van der Waals surface area contributed by atoms with Crippen LogP contribution in [0, 0.1) is 0 Å². The summed E-state index contributed by atoms with van der Waals surface area (Å²) in [5.74, 6) is 0.209. The first-order valence-corrected chi connectivity index (χ1v) is 8.94. The number of esters is 1. The third-order valence-electron chi connectivity index (χ3n) is 3.55. The summed E-state index contributed by atoms with van der Waals surface area (Å²) in [7, 11) is 0. The van der Waals surface area contributed by atoms with E-state index in [4.69, 9.17) is 13.9 Å². The molecule has 0 spiro atoms. The second-order valence-electron chi connectivity index (χ2n) is 7.39. The Morgan fingerprint density at radius 2 is 1.93 bits per heavy atom. The minimum absolute atomic E-state index is 0.0304. The maximum Gasteiger partial charge on any atom is 0.408 e. The molecule has 1 aromatic carbocycles. The summed E-state index contributed by atoms with van der Waals surface area (Å²) in [6.45, 7) is 10.9. The molecule has 1 atom stereocenters. The molecule has 0 aliphatic rings. The molecule has 0 saturated heterocycles. The number of oxazole rings is 1. The molecule has 0 aliphatic carbocycles. The molecule has 28 heavy (non-hydrogen) atoms. The zero-order valence-electron chi connectivity index (χ0n) is 16.7. The molecule has 1 amide bonds. The molecule has 2 aromatic rings. The number of hydrogen-bond donors (Lipinski definition) is 1. The average molecular weight is 386 g/mol. The molecule has 1 unspecified atom stereocenters. The van der Waals surface area contributed by atoms with Crippen molar-refractivity contribution in [3.63, 3.8) is 0 Å². The average Bonchev–Trinajstić information content (AvgIpc) is 3.08. The van der Waals surface area contributed by atoms with Gasteiger partial charge in [-0.05, 0) is 38.8 Å². The molecule has 0 radical (unpaired) electrons. The van der Waals surface area contributed by atoms with Gasteiger partial charge in [0, 0.05) is 0 Å². The van der Waals surface area contributed by atoms with Gasteiger partial charge in [0.15, 0.2) is 5.89 Å². The quantitative estimate of drug-likeness (QED) is 0.726. The van der Waals surface area contributed by atoms with Crippen molar-refractivity contribution in [3.05, 3.63) is 60.3 Å². The van der Waals surface area contributed by atoms with E-state index in [1.807, 2.05) is 30.3 Å². The number of nitrogens with one attached hydrogen (secondary N) is 1. The molecule has 0 fully saturated rings. The first-order valence-electron chi connectivity index (χ1n) is 8.94. The summed E-state index contributed by atoms with van der Waals surface area (Å²) in [5.41, 5.74) is 0.845. The molecule has 1 heterocycles. The Morgan fingerprint density at radius 3 is 2.50 bits per heavy atom. The van der Waals surface area contributed by atoms with E-state index in [0.717, 1.165) is 5.56 Å². The van der Waals surface area contributed by atoms with E-state index in [2.05, 4.69) is 16.9 Å². The van der Waals surface area contributed by atoms with Crippen LogP contribution in [0.3, 0.4) is 0 Å². The number of aromatic nitrogens is 1. The predicted molar refractivity (Wildman–Crippen MR) is 104 cm³/mol. The number of rotatable bonds is 7. The maximum absolute atomic E-state index is 12.5. The van der Waals surface area contributed by atoms with Gasteiger partial charge >= 0.3 is 12.1 Å². The fraction of sp³-hybridized carbons (Fsp3) is 0.381. The fourth-order valence-corrected chi connectivity index (χ4v) is 2.25. The monoisotopic (exact) mass is 386 g/mol. The van der Waals surface area contributed by atoms with Crippen molar-refractivity contribution < 1.29 is 23.5 Å². The number of amides is 1. The van der Waals surface area contributed by atoms with Gasteiger partial charge in [0.2, 0.25) is 0 Å². The largest absolute Gasteiger partial charge is 0.458 e. The number of nitrogens with zero attached hydrogens (tertiary/aromatic N) is 1. The molecule has 0 saturated carbocycles. The molecule has 7 nitrogen and oxygen atoms in total. The van der Waals surface area contributed by atoms with Gasteiger partial charge in [-0.3, -0.25) is 0 Å². The summed E-state index contributed by atoms with van der Waals surface area (Å²) in [5, 5.41) is 2.54. The van der Waals surface area contributed by atoms with Crippen LogP contribution in [-0.4, -0.2) is 28.7 Å². The number of carbonyl (C=O) groups excluding carboxylic acids is 2. The van der Waals surface area contributed by atoms with Gasteiger partial charge in [0.25, 0.3) is 0 Å². The Labute approximate surface area is 164 Å².